The van der Waals surface area contributed by atoms with Crippen molar-refractivity contribution in [2.24, 2.45) is 0 Å². The van der Waals surface area contributed by atoms with E-state index >= 15 is 0 Å². The quantitative estimate of drug-likeness (QED) is 0.732. The van der Waals surface area contributed by atoms with Gasteiger partial charge in [-0.3, -0.25) is 0 Å². The first-order valence-corrected chi connectivity index (χ1v) is 8.58. The first-order chi connectivity index (χ1) is 8.98. The molecule has 1 aromatic carbocycles. The van der Waals surface area contributed by atoms with E-state index in [0.717, 1.165) is 6.54 Å². The summed E-state index contributed by atoms with van der Waals surface area (Å²) in [5, 5.41) is 3.63. The number of aryl methyl sites for hydroxylation is 1. The third-order valence-corrected chi connectivity index (χ3v) is 4.93. The first kappa shape index (κ1) is 16.6. The summed E-state index contributed by atoms with van der Waals surface area (Å²) in [6, 6.07) is 9.53. The van der Waals surface area contributed by atoms with E-state index in [2.05, 4.69) is 63.5 Å². The minimum atomic E-state index is 0.301. The minimum absolute atomic E-state index is 0.301. The van der Waals surface area contributed by atoms with Crippen molar-refractivity contribution < 1.29 is 0 Å². The SMILES string of the molecule is CCCCc1ccc(C(C)NCC(C)(C)SC)cc1. The van der Waals surface area contributed by atoms with Gasteiger partial charge in [0.2, 0.25) is 0 Å². The fourth-order valence-corrected chi connectivity index (χ4v) is 2.17. The highest BCUT2D eigenvalue weighted by molar-refractivity contribution is 7.99. The van der Waals surface area contributed by atoms with Gasteiger partial charge in [-0.05, 0) is 51.0 Å². The molecule has 0 aliphatic rings. The summed E-state index contributed by atoms with van der Waals surface area (Å²) in [5.74, 6) is 0. The molecule has 0 aliphatic heterocycles. The summed E-state index contributed by atoms with van der Waals surface area (Å²) in [6.07, 6.45) is 5.94. The molecule has 0 aliphatic carbocycles. The first-order valence-electron chi connectivity index (χ1n) is 7.36. The molecule has 1 nitrogen and oxygen atoms in total. The Bertz CT molecular complexity index is 356. The Morgan fingerprint density at radius 2 is 1.84 bits per heavy atom. The van der Waals surface area contributed by atoms with Crippen LogP contribution in [0.15, 0.2) is 24.3 Å². The van der Waals surface area contributed by atoms with Gasteiger partial charge in [-0.25, -0.2) is 0 Å². The van der Waals surface area contributed by atoms with Crippen LogP contribution < -0.4 is 5.32 Å². The van der Waals surface area contributed by atoms with Crippen LogP contribution in [0.2, 0.25) is 0 Å². The molecule has 19 heavy (non-hydrogen) atoms. The zero-order valence-electron chi connectivity index (χ0n) is 13.1. The molecular weight excluding hydrogens is 250 g/mol. The number of thioether (sulfide) groups is 1. The highest BCUT2D eigenvalue weighted by atomic mass is 32.2. The second-order valence-corrected chi connectivity index (χ2v) is 7.42. The van der Waals surface area contributed by atoms with Crippen molar-refractivity contribution in [2.75, 3.05) is 12.8 Å². The minimum Gasteiger partial charge on any atom is -0.309 e. The molecule has 1 rings (SSSR count). The van der Waals surface area contributed by atoms with Crippen LogP contribution in [0.4, 0.5) is 0 Å². The Morgan fingerprint density at radius 1 is 1.21 bits per heavy atom. The van der Waals surface area contributed by atoms with Gasteiger partial charge in [0.25, 0.3) is 0 Å². The van der Waals surface area contributed by atoms with Gasteiger partial charge in [-0.2, -0.15) is 11.8 Å². The molecule has 0 radical (unpaired) electrons. The summed E-state index contributed by atoms with van der Waals surface area (Å²) in [7, 11) is 0. The maximum Gasteiger partial charge on any atom is 0.0292 e. The Kier molecular flexibility index (Phi) is 6.95. The molecule has 0 aromatic heterocycles. The molecule has 2 heteroatoms. The molecule has 108 valence electrons. The summed E-state index contributed by atoms with van der Waals surface area (Å²) in [5.41, 5.74) is 2.85. The van der Waals surface area contributed by atoms with E-state index in [1.165, 1.54) is 30.4 Å². The van der Waals surface area contributed by atoms with Crippen LogP contribution in [0.1, 0.15) is 57.7 Å². The highest BCUT2D eigenvalue weighted by Crippen LogP contribution is 2.22. The number of benzene rings is 1. The van der Waals surface area contributed by atoms with E-state index in [1.807, 2.05) is 11.8 Å². The lowest BCUT2D eigenvalue weighted by Gasteiger charge is -2.25. The summed E-state index contributed by atoms with van der Waals surface area (Å²) in [4.78, 5) is 0. The average Bonchev–Trinajstić information content (AvgIpc) is 2.43. The van der Waals surface area contributed by atoms with Crippen molar-refractivity contribution in [2.45, 2.75) is 57.7 Å². The second-order valence-electron chi connectivity index (χ2n) is 5.91. The lowest BCUT2D eigenvalue weighted by atomic mass is 10.0. The van der Waals surface area contributed by atoms with Crippen LogP contribution in [0.3, 0.4) is 0 Å². The van der Waals surface area contributed by atoms with E-state index in [9.17, 15) is 0 Å². The second kappa shape index (κ2) is 7.96. The van der Waals surface area contributed by atoms with Crippen LogP contribution in [0.25, 0.3) is 0 Å². The zero-order chi connectivity index (χ0) is 14.3. The van der Waals surface area contributed by atoms with E-state index < -0.39 is 0 Å². The van der Waals surface area contributed by atoms with Crippen LogP contribution in [-0.4, -0.2) is 17.5 Å². The van der Waals surface area contributed by atoms with Crippen LogP contribution in [0, 0.1) is 0 Å². The molecule has 0 amide bonds. The summed E-state index contributed by atoms with van der Waals surface area (Å²) in [6.45, 7) is 10.1. The zero-order valence-corrected chi connectivity index (χ0v) is 13.9. The van der Waals surface area contributed by atoms with Gasteiger partial charge in [0, 0.05) is 17.3 Å². The Morgan fingerprint density at radius 3 is 2.37 bits per heavy atom. The summed E-state index contributed by atoms with van der Waals surface area (Å²) >= 11 is 1.91. The van der Waals surface area contributed by atoms with Gasteiger partial charge in [0.05, 0.1) is 0 Å². The molecule has 0 bridgehead atoms. The standard InChI is InChI=1S/C17H29NS/c1-6-7-8-15-9-11-16(12-10-15)14(2)18-13-17(3,4)19-5/h9-12,14,18H,6-8,13H2,1-5H3. The van der Waals surface area contributed by atoms with E-state index in [4.69, 9.17) is 0 Å². The van der Waals surface area contributed by atoms with Crippen molar-refractivity contribution in [3.63, 3.8) is 0 Å². The van der Waals surface area contributed by atoms with E-state index in [0.29, 0.717) is 10.8 Å². The van der Waals surface area contributed by atoms with Crippen molar-refractivity contribution in [3.8, 4) is 0 Å². The predicted molar refractivity (Wildman–Crippen MR) is 89.1 cm³/mol. The van der Waals surface area contributed by atoms with Gasteiger partial charge in [0.15, 0.2) is 0 Å². The van der Waals surface area contributed by atoms with Crippen LogP contribution in [0.5, 0.6) is 0 Å². The van der Waals surface area contributed by atoms with Crippen molar-refractivity contribution in [1.29, 1.82) is 0 Å². The number of hydrogen-bond acceptors (Lipinski definition) is 2. The maximum atomic E-state index is 3.63. The van der Waals surface area contributed by atoms with E-state index in [-0.39, 0.29) is 0 Å². The Labute approximate surface area is 123 Å². The average molecular weight is 279 g/mol. The van der Waals surface area contributed by atoms with Gasteiger partial charge in [-0.1, -0.05) is 37.6 Å². The Balaban J connectivity index is 2.50. The van der Waals surface area contributed by atoms with Crippen LogP contribution in [-0.2, 0) is 6.42 Å². The molecule has 0 spiro atoms. The normalized spacial score (nSPS) is 13.5. The molecule has 0 heterocycles. The molecule has 1 atom stereocenters. The predicted octanol–water partition coefficient (Wildman–Crippen LogP) is 4.82. The molecule has 1 N–H and O–H groups in total. The van der Waals surface area contributed by atoms with E-state index in [1.54, 1.807) is 0 Å². The van der Waals surface area contributed by atoms with Gasteiger partial charge in [-0.15, -0.1) is 0 Å². The number of hydrogen-bond donors (Lipinski definition) is 1. The molecular formula is C17H29NS. The smallest absolute Gasteiger partial charge is 0.0292 e. The molecule has 0 saturated carbocycles. The number of nitrogens with one attached hydrogen (secondary N) is 1. The molecule has 0 fully saturated rings. The molecule has 1 aromatic rings. The topological polar surface area (TPSA) is 12.0 Å². The van der Waals surface area contributed by atoms with Crippen LogP contribution >= 0.6 is 11.8 Å². The number of unbranched alkanes of at least 4 members (excludes halogenated alkanes) is 1. The fraction of sp³-hybridized carbons (Fsp3) is 0.647. The van der Waals surface area contributed by atoms with Crippen molar-refractivity contribution >= 4 is 11.8 Å². The number of rotatable bonds is 8. The lowest BCUT2D eigenvalue weighted by Crippen LogP contribution is -2.33. The molecule has 0 saturated heterocycles. The van der Waals surface area contributed by atoms with Gasteiger partial charge < -0.3 is 5.32 Å². The summed E-state index contributed by atoms with van der Waals surface area (Å²) < 4.78 is 0.301. The third kappa shape index (κ3) is 6.01. The molecule has 1 unspecified atom stereocenters. The van der Waals surface area contributed by atoms with Crippen molar-refractivity contribution in [3.05, 3.63) is 35.4 Å². The Hall–Kier alpha value is -0.470. The fourth-order valence-electron chi connectivity index (χ4n) is 1.94. The monoisotopic (exact) mass is 279 g/mol. The third-order valence-electron chi connectivity index (χ3n) is 3.69. The maximum absolute atomic E-state index is 3.63. The largest absolute Gasteiger partial charge is 0.309 e. The van der Waals surface area contributed by atoms with Gasteiger partial charge in [0.1, 0.15) is 0 Å². The highest BCUT2D eigenvalue weighted by Gasteiger charge is 2.17. The van der Waals surface area contributed by atoms with Gasteiger partial charge >= 0.3 is 0 Å². The van der Waals surface area contributed by atoms with Crippen molar-refractivity contribution in [1.82, 2.24) is 5.32 Å². The lowest BCUT2D eigenvalue weighted by molar-refractivity contribution is 0.522.